The zero-order valence-corrected chi connectivity index (χ0v) is 13.9. The average Bonchev–Trinajstić information content (AvgIpc) is 2.83. The van der Waals surface area contributed by atoms with E-state index in [4.69, 9.17) is 5.73 Å². The van der Waals surface area contributed by atoms with Gasteiger partial charge in [-0.2, -0.15) is 4.98 Å². The number of fused-ring (bicyclic) bond motifs is 1. The molecule has 124 valence electrons. The standard InChI is InChI=1S/C16H18FN7/c1-8(2)20-11-5-6-12(21-9(11)3)13-10(17)7-24-14(13)15(19-4)22-16(18)23-24/h5-7H,1-4H3,(H3,18,19,22,23). The van der Waals surface area contributed by atoms with Crippen molar-refractivity contribution in [3.8, 4) is 11.3 Å². The summed E-state index contributed by atoms with van der Waals surface area (Å²) in [4.78, 5) is 13.0. The van der Waals surface area contributed by atoms with Gasteiger partial charge in [0.1, 0.15) is 5.52 Å². The second-order valence-corrected chi connectivity index (χ2v) is 5.57. The van der Waals surface area contributed by atoms with Crippen molar-refractivity contribution < 1.29 is 4.39 Å². The second kappa shape index (κ2) is 5.88. The van der Waals surface area contributed by atoms with Gasteiger partial charge in [-0.1, -0.05) is 0 Å². The van der Waals surface area contributed by atoms with Crippen molar-refractivity contribution in [2.75, 3.05) is 18.1 Å². The van der Waals surface area contributed by atoms with Crippen LogP contribution in [0.4, 0.5) is 21.8 Å². The van der Waals surface area contributed by atoms with Crippen LogP contribution in [-0.2, 0) is 0 Å². The Hall–Kier alpha value is -3.03. The molecule has 3 rings (SSSR count). The van der Waals surface area contributed by atoms with Crippen LogP contribution in [0.2, 0.25) is 0 Å². The molecule has 0 aliphatic rings. The van der Waals surface area contributed by atoms with Gasteiger partial charge in [0.05, 0.1) is 28.8 Å². The molecule has 0 fully saturated rings. The summed E-state index contributed by atoms with van der Waals surface area (Å²) in [6.07, 6.45) is 1.27. The Morgan fingerprint density at radius 3 is 2.67 bits per heavy atom. The minimum absolute atomic E-state index is 0.0562. The number of hydrogen-bond acceptors (Lipinski definition) is 6. The lowest BCUT2D eigenvalue weighted by Crippen LogP contribution is -2.05. The van der Waals surface area contributed by atoms with Crippen LogP contribution in [0, 0.1) is 12.7 Å². The molecule has 3 heterocycles. The molecule has 3 aromatic rings. The summed E-state index contributed by atoms with van der Waals surface area (Å²) in [6.45, 7) is 5.67. The van der Waals surface area contributed by atoms with E-state index in [2.05, 4.69) is 25.4 Å². The normalized spacial score (nSPS) is 10.9. The lowest BCUT2D eigenvalue weighted by atomic mass is 10.1. The maximum Gasteiger partial charge on any atom is 0.240 e. The van der Waals surface area contributed by atoms with Crippen molar-refractivity contribution in [3.05, 3.63) is 29.8 Å². The summed E-state index contributed by atoms with van der Waals surface area (Å²) >= 11 is 0. The van der Waals surface area contributed by atoms with Crippen LogP contribution in [0.5, 0.6) is 0 Å². The minimum Gasteiger partial charge on any atom is -0.371 e. The number of nitrogen functional groups attached to an aromatic ring is 1. The van der Waals surface area contributed by atoms with Crippen LogP contribution in [0.25, 0.3) is 16.8 Å². The molecule has 3 N–H and O–H groups in total. The minimum atomic E-state index is -0.443. The summed E-state index contributed by atoms with van der Waals surface area (Å²) in [5.74, 6) is 0.0502. The molecule has 7 nitrogen and oxygen atoms in total. The molecule has 0 aliphatic heterocycles. The van der Waals surface area contributed by atoms with Gasteiger partial charge in [0, 0.05) is 12.8 Å². The van der Waals surface area contributed by atoms with Crippen molar-refractivity contribution in [2.24, 2.45) is 4.99 Å². The molecule has 0 aliphatic carbocycles. The Bertz CT molecular complexity index is 955. The van der Waals surface area contributed by atoms with Gasteiger partial charge in [-0.15, -0.1) is 5.10 Å². The van der Waals surface area contributed by atoms with E-state index in [9.17, 15) is 4.39 Å². The number of aryl methyl sites for hydroxylation is 1. The number of pyridine rings is 1. The first-order valence-electron chi connectivity index (χ1n) is 7.42. The fourth-order valence-electron chi connectivity index (χ4n) is 2.54. The van der Waals surface area contributed by atoms with Crippen LogP contribution < -0.4 is 11.1 Å². The molecule has 0 spiro atoms. The molecule has 0 bridgehead atoms. The van der Waals surface area contributed by atoms with Crippen LogP contribution in [0.15, 0.2) is 23.3 Å². The van der Waals surface area contributed by atoms with Gasteiger partial charge < -0.3 is 11.1 Å². The second-order valence-electron chi connectivity index (χ2n) is 5.57. The van der Waals surface area contributed by atoms with Crippen LogP contribution in [0.3, 0.4) is 0 Å². The largest absolute Gasteiger partial charge is 0.371 e. The van der Waals surface area contributed by atoms with Gasteiger partial charge in [-0.05, 0) is 32.9 Å². The third-order valence-electron chi connectivity index (χ3n) is 3.50. The number of rotatable bonds is 3. The summed E-state index contributed by atoms with van der Waals surface area (Å²) in [5.41, 5.74) is 9.36. The summed E-state index contributed by atoms with van der Waals surface area (Å²) in [5, 5.41) is 6.94. The number of aromatic nitrogens is 4. The molecule has 0 radical (unpaired) electrons. The summed E-state index contributed by atoms with van der Waals surface area (Å²) < 4.78 is 15.9. The van der Waals surface area contributed by atoms with Crippen molar-refractivity contribution in [3.63, 3.8) is 0 Å². The third kappa shape index (κ3) is 2.66. The highest BCUT2D eigenvalue weighted by molar-refractivity contribution is 5.88. The molecule has 8 heteroatoms. The van der Waals surface area contributed by atoms with Gasteiger partial charge in [-0.25, -0.2) is 8.91 Å². The van der Waals surface area contributed by atoms with Gasteiger partial charge >= 0.3 is 0 Å². The summed E-state index contributed by atoms with van der Waals surface area (Å²) in [6, 6.07) is 3.56. The number of nitrogens with two attached hydrogens (primary N) is 1. The van der Waals surface area contributed by atoms with Crippen LogP contribution >= 0.6 is 0 Å². The molecule has 0 unspecified atom stereocenters. The maximum atomic E-state index is 14.6. The van der Waals surface area contributed by atoms with E-state index in [1.165, 1.54) is 10.7 Å². The van der Waals surface area contributed by atoms with Crippen LogP contribution in [0.1, 0.15) is 19.5 Å². The number of aliphatic imine (C=N–C) groups is 1. The van der Waals surface area contributed by atoms with Crippen LogP contribution in [-0.4, -0.2) is 32.3 Å². The van der Waals surface area contributed by atoms with E-state index in [1.54, 1.807) is 13.1 Å². The first kappa shape index (κ1) is 15.9. The van der Waals surface area contributed by atoms with Crippen molar-refractivity contribution in [1.82, 2.24) is 19.6 Å². The number of hydrogen-bond donors (Lipinski definition) is 2. The number of halogens is 1. The monoisotopic (exact) mass is 327 g/mol. The maximum absolute atomic E-state index is 14.6. The first-order chi connectivity index (χ1) is 11.4. The fraction of sp³-hybridized carbons (Fsp3) is 0.250. The van der Waals surface area contributed by atoms with Gasteiger partial charge in [0.25, 0.3) is 0 Å². The van der Waals surface area contributed by atoms with Crippen molar-refractivity contribution in [2.45, 2.75) is 20.8 Å². The number of nitrogens with one attached hydrogen (secondary N) is 1. The molecular formula is C16H18FN7. The number of anilines is 2. The highest BCUT2D eigenvalue weighted by Crippen LogP contribution is 2.33. The number of nitrogens with zero attached hydrogens (tertiary/aromatic N) is 5. The highest BCUT2D eigenvalue weighted by Gasteiger charge is 2.20. The molecule has 0 atom stereocenters. The van der Waals surface area contributed by atoms with E-state index in [0.29, 0.717) is 22.6 Å². The molecule has 0 aromatic carbocycles. The molecule has 0 saturated heterocycles. The SMILES string of the molecule is CNc1nc(N)nn2cc(F)c(-c3ccc(N=C(C)C)c(C)n3)c12. The average molecular weight is 327 g/mol. The van der Waals surface area contributed by atoms with E-state index in [-0.39, 0.29) is 5.95 Å². The Balaban J connectivity index is 2.25. The van der Waals surface area contributed by atoms with E-state index < -0.39 is 5.82 Å². The predicted octanol–water partition coefficient (Wildman–Crippen LogP) is 2.98. The van der Waals surface area contributed by atoms with Gasteiger partial charge in [0.15, 0.2) is 11.6 Å². The highest BCUT2D eigenvalue weighted by atomic mass is 19.1. The van der Waals surface area contributed by atoms with Gasteiger partial charge in [-0.3, -0.25) is 9.98 Å². The Labute approximate surface area is 138 Å². The Morgan fingerprint density at radius 2 is 2.04 bits per heavy atom. The zero-order chi connectivity index (χ0) is 17.4. The van der Waals surface area contributed by atoms with Crippen molar-refractivity contribution in [1.29, 1.82) is 0 Å². The molecule has 3 aromatic heterocycles. The Kier molecular flexibility index (Phi) is 3.88. The zero-order valence-electron chi connectivity index (χ0n) is 13.9. The quantitative estimate of drug-likeness (QED) is 0.721. The smallest absolute Gasteiger partial charge is 0.240 e. The Morgan fingerprint density at radius 1 is 1.29 bits per heavy atom. The molecule has 24 heavy (non-hydrogen) atoms. The molecule has 0 saturated carbocycles. The summed E-state index contributed by atoms with van der Waals surface area (Å²) in [7, 11) is 1.69. The predicted molar refractivity (Wildman–Crippen MR) is 93.3 cm³/mol. The topological polar surface area (TPSA) is 93.5 Å². The van der Waals surface area contributed by atoms with E-state index in [1.807, 2.05) is 26.8 Å². The third-order valence-corrected chi connectivity index (χ3v) is 3.50. The van der Waals surface area contributed by atoms with Gasteiger partial charge in [0.2, 0.25) is 5.95 Å². The fourth-order valence-corrected chi connectivity index (χ4v) is 2.54. The van der Waals surface area contributed by atoms with E-state index >= 15 is 0 Å². The lowest BCUT2D eigenvalue weighted by Gasteiger charge is -2.08. The lowest BCUT2D eigenvalue weighted by molar-refractivity contribution is 0.628. The molecule has 0 amide bonds. The first-order valence-corrected chi connectivity index (χ1v) is 7.42. The van der Waals surface area contributed by atoms with E-state index in [0.717, 1.165) is 17.1 Å². The van der Waals surface area contributed by atoms with Crippen molar-refractivity contribution >= 4 is 28.7 Å². The molecular weight excluding hydrogens is 309 g/mol.